The number of hydrogen-bond acceptors (Lipinski definition) is 3. The standard InChI is InChI=1S/C28H33Cl3N4O3/c1-18(36)34-13-10-22(11-14-34)32(2)28(38)35-15-12-26(23(17-35)20-6-9-24(30)25(31)16-20)33(3)27(37)19-4-7-21(29)8-5-19/h4-9,16,22-23,26H,10-15,17H2,1-3H3/t23-,26+/m0/s1. The molecule has 4 rings (SSSR count). The Labute approximate surface area is 239 Å². The van der Waals surface area contributed by atoms with Crippen LogP contribution in [0, 0.1) is 0 Å². The molecular formula is C28H33Cl3N4O3. The minimum Gasteiger partial charge on any atom is -0.343 e. The number of likely N-dealkylation sites (tertiary alicyclic amines) is 2. The van der Waals surface area contributed by atoms with Crippen molar-refractivity contribution in [3.05, 3.63) is 68.7 Å². The summed E-state index contributed by atoms with van der Waals surface area (Å²) in [5.74, 6) is -0.191. The largest absolute Gasteiger partial charge is 0.343 e. The predicted octanol–water partition coefficient (Wildman–Crippen LogP) is 5.64. The summed E-state index contributed by atoms with van der Waals surface area (Å²) in [7, 11) is 3.64. The molecule has 2 aromatic rings. The van der Waals surface area contributed by atoms with Crippen molar-refractivity contribution in [2.75, 3.05) is 40.3 Å². The highest BCUT2D eigenvalue weighted by atomic mass is 35.5. The molecule has 2 aliphatic rings. The summed E-state index contributed by atoms with van der Waals surface area (Å²) in [6.07, 6.45) is 2.13. The average Bonchev–Trinajstić information content (AvgIpc) is 2.93. The lowest BCUT2D eigenvalue weighted by atomic mass is 9.84. The summed E-state index contributed by atoms with van der Waals surface area (Å²) < 4.78 is 0. The van der Waals surface area contributed by atoms with Crippen molar-refractivity contribution in [1.82, 2.24) is 19.6 Å². The first-order valence-corrected chi connectivity index (χ1v) is 13.9. The average molecular weight is 580 g/mol. The second kappa shape index (κ2) is 12.1. The van der Waals surface area contributed by atoms with E-state index in [0.717, 1.165) is 18.4 Å². The summed E-state index contributed by atoms with van der Waals surface area (Å²) in [5, 5.41) is 1.46. The van der Waals surface area contributed by atoms with Crippen LogP contribution >= 0.6 is 34.8 Å². The number of hydrogen-bond donors (Lipinski definition) is 0. The van der Waals surface area contributed by atoms with E-state index < -0.39 is 0 Å². The van der Waals surface area contributed by atoms with E-state index >= 15 is 0 Å². The molecule has 2 aromatic carbocycles. The van der Waals surface area contributed by atoms with Crippen molar-refractivity contribution >= 4 is 52.6 Å². The zero-order valence-corrected chi connectivity index (χ0v) is 24.1. The molecule has 0 saturated carbocycles. The quantitative estimate of drug-likeness (QED) is 0.471. The molecule has 4 amide bonds. The van der Waals surface area contributed by atoms with Gasteiger partial charge in [-0.2, -0.15) is 0 Å². The molecule has 7 nitrogen and oxygen atoms in total. The lowest BCUT2D eigenvalue weighted by molar-refractivity contribution is -0.130. The Morgan fingerprint density at radius 2 is 1.45 bits per heavy atom. The van der Waals surface area contributed by atoms with Crippen LogP contribution in [0.3, 0.4) is 0 Å². The van der Waals surface area contributed by atoms with Gasteiger partial charge in [0.05, 0.1) is 10.0 Å². The maximum atomic E-state index is 13.6. The van der Waals surface area contributed by atoms with Crippen molar-refractivity contribution < 1.29 is 14.4 Å². The minimum atomic E-state index is -0.156. The van der Waals surface area contributed by atoms with Crippen molar-refractivity contribution in [3.8, 4) is 0 Å². The second-order valence-corrected chi connectivity index (χ2v) is 11.4. The molecule has 0 unspecified atom stereocenters. The molecule has 2 heterocycles. The molecule has 2 fully saturated rings. The van der Waals surface area contributed by atoms with Gasteiger partial charge in [-0.25, -0.2) is 4.79 Å². The predicted molar refractivity (Wildman–Crippen MR) is 151 cm³/mol. The number of urea groups is 1. The molecule has 0 N–H and O–H groups in total. The topological polar surface area (TPSA) is 64.2 Å². The Bertz CT molecular complexity index is 1180. The Balaban J connectivity index is 1.53. The van der Waals surface area contributed by atoms with E-state index in [4.69, 9.17) is 34.8 Å². The van der Waals surface area contributed by atoms with Gasteiger partial charge in [0.25, 0.3) is 5.91 Å². The molecule has 0 bridgehead atoms. The van der Waals surface area contributed by atoms with E-state index in [0.29, 0.717) is 53.2 Å². The lowest BCUT2D eigenvalue weighted by Gasteiger charge is -2.45. The molecule has 0 aromatic heterocycles. The van der Waals surface area contributed by atoms with E-state index in [-0.39, 0.29) is 35.8 Å². The summed E-state index contributed by atoms with van der Waals surface area (Å²) in [6, 6.07) is 12.2. The second-order valence-electron chi connectivity index (χ2n) is 10.1. The number of rotatable bonds is 4. The van der Waals surface area contributed by atoms with Crippen LogP contribution in [0.2, 0.25) is 15.1 Å². The van der Waals surface area contributed by atoms with E-state index in [1.54, 1.807) is 49.2 Å². The Morgan fingerprint density at radius 3 is 2.05 bits per heavy atom. The third-order valence-electron chi connectivity index (χ3n) is 7.89. The van der Waals surface area contributed by atoms with Gasteiger partial charge in [0.2, 0.25) is 5.91 Å². The zero-order valence-electron chi connectivity index (χ0n) is 21.9. The van der Waals surface area contributed by atoms with Gasteiger partial charge >= 0.3 is 6.03 Å². The highest BCUT2D eigenvalue weighted by Gasteiger charge is 2.39. The third-order valence-corrected chi connectivity index (χ3v) is 8.88. The summed E-state index contributed by atoms with van der Waals surface area (Å²) >= 11 is 18.6. The molecule has 38 heavy (non-hydrogen) atoms. The Kier molecular flexibility index (Phi) is 9.11. The van der Waals surface area contributed by atoms with Gasteiger partial charge in [-0.05, 0) is 61.2 Å². The fourth-order valence-corrected chi connectivity index (χ4v) is 5.97. The smallest absolute Gasteiger partial charge is 0.320 e. The maximum absolute atomic E-state index is 13.6. The molecule has 2 aliphatic heterocycles. The molecule has 2 atom stereocenters. The third kappa shape index (κ3) is 6.22. The first-order chi connectivity index (χ1) is 18.1. The van der Waals surface area contributed by atoms with Crippen LogP contribution in [-0.4, -0.2) is 89.8 Å². The molecule has 2 saturated heterocycles. The van der Waals surface area contributed by atoms with Gasteiger partial charge in [0.15, 0.2) is 0 Å². The monoisotopic (exact) mass is 578 g/mol. The molecular weight excluding hydrogens is 547 g/mol. The molecule has 0 spiro atoms. The SMILES string of the molecule is CC(=O)N1CCC(N(C)C(=O)N2CC[C@@H](N(C)C(=O)c3ccc(Cl)cc3)[C@H](c3ccc(Cl)c(Cl)c3)C2)CC1. The summed E-state index contributed by atoms with van der Waals surface area (Å²) in [4.78, 5) is 45.9. The Morgan fingerprint density at radius 1 is 0.816 bits per heavy atom. The number of carbonyl (C=O) groups is 3. The fraction of sp³-hybridized carbons (Fsp3) is 0.464. The van der Waals surface area contributed by atoms with Crippen molar-refractivity contribution in [1.29, 1.82) is 0 Å². The van der Waals surface area contributed by atoms with Crippen LogP contribution < -0.4 is 0 Å². The van der Waals surface area contributed by atoms with Crippen LogP contribution in [0.5, 0.6) is 0 Å². The van der Waals surface area contributed by atoms with Crippen molar-refractivity contribution in [2.45, 2.75) is 44.2 Å². The van der Waals surface area contributed by atoms with Crippen LogP contribution in [0.4, 0.5) is 4.79 Å². The number of likely N-dealkylation sites (N-methyl/N-ethyl adjacent to an activating group) is 1. The maximum Gasteiger partial charge on any atom is 0.320 e. The molecule has 0 aliphatic carbocycles. The van der Waals surface area contributed by atoms with Crippen molar-refractivity contribution in [2.24, 2.45) is 0 Å². The number of halogens is 3. The minimum absolute atomic E-state index is 0.0403. The number of nitrogens with zero attached hydrogens (tertiary/aromatic N) is 4. The molecule has 10 heteroatoms. The summed E-state index contributed by atoms with van der Waals surface area (Å²) in [6.45, 7) is 3.86. The number of benzene rings is 2. The van der Waals surface area contributed by atoms with E-state index in [1.165, 1.54) is 0 Å². The summed E-state index contributed by atoms with van der Waals surface area (Å²) in [5.41, 5.74) is 1.48. The van der Waals surface area contributed by atoms with Crippen LogP contribution in [0.15, 0.2) is 42.5 Å². The van der Waals surface area contributed by atoms with Crippen LogP contribution in [0.25, 0.3) is 0 Å². The van der Waals surface area contributed by atoms with Gasteiger partial charge in [-0.15, -0.1) is 0 Å². The van der Waals surface area contributed by atoms with Gasteiger partial charge in [0.1, 0.15) is 0 Å². The lowest BCUT2D eigenvalue weighted by Crippen LogP contribution is -2.56. The number of amides is 4. The van der Waals surface area contributed by atoms with E-state index in [1.807, 2.05) is 33.9 Å². The first-order valence-electron chi connectivity index (χ1n) is 12.8. The highest BCUT2D eigenvalue weighted by molar-refractivity contribution is 6.42. The molecule has 0 radical (unpaired) electrons. The van der Waals surface area contributed by atoms with E-state index in [9.17, 15) is 14.4 Å². The normalized spacial score (nSPS) is 20.3. The van der Waals surface area contributed by atoms with Crippen LogP contribution in [-0.2, 0) is 4.79 Å². The molecule has 204 valence electrons. The van der Waals surface area contributed by atoms with Gasteiger partial charge < -0.3 is 19.6 Å². The highest BCUT2D eigenvalue weighted by Crippen LogP contribution is 2.35. The number of piperidine rings is 2. The first kappa shape index (κ1) is 28.5. The zero-order chi connectivity index (χ0) is 27.6. The van der Waals surface area contributed by atoms with Gasteiger partial charge in [-0.1, -0.05) is 40.9 Å². The fourth-order valence-electron chi connectivity index (χ4n) is 5.54. The van der Waals surface area contributed by atoms with E-state index in [2.05, 4.69) is 0 Å². The van der Waals surface area contributed by atoms with Gasteiger partial charge in [-0.3, -0.25) is 9.59 Å². The van der Waals surface area contributed by atoms with Crippen LogP contribution in [0.1, 0.15) is 48.0 Å². The Hall–Kier alpha value is -2.48. The number of carbonyl (C=O) groups excluding carboxylic acids is 3. The van der Waals surface area contributed by atoms with Crippen molar-refractivity contribution in [3.63, 3.8) is 0 Å². The van der Waals surface area contributed by atoms with Gasteiger partial charge in [0, 0.05) is 75.8 Å².